The molecule has 1 N–H and O–H groups in total. The summed E-state index contributed by atoms with van der Waals surface area (Å²) in [4.78, 5) is 0. The zero-order valence-electron chi connectivity index (χ0n) is 11.7. The summed E-state index contributed by atoms with van der Waals surface area (Å²) in [6.45, 7) is 4.24. The van der Waals surface area contributed by atoms with Gasteiger partial charge in [-0.2, -0.15) is 13.2 Å². The van der Waals surface area contributed by atoms with E-state index in [0.29, 0.717) is 12.2 Å². The SMILES string of the molecule is Cc1ccc(CNc2cc(C(F)(F)F)ccc2C)cc1Br. The van der Waals surface area contributed by atoms with Crippen LogP contribution in [0.2, 0.25) is 0 Å². The highest BCUT2D eigenvalue weighted by molar-refractivity contribution is 9.10. The van der Waals surface area contributed by atoms with Crippen LogP contribution in [0.25, 0.3) is 0 Å². The summed E-state index contributed by atoms with van der Waals surface area (Å²) in [7, 11) is 0. The molecule has 0 amide bonds. The van der Waals surface area contributed by atoms with Crippen molar-refractivity contribution in [3.63, 3.8) is 0 Å². The molecule has 2 aromatic carbocycles. The summed E-state index contributed by atoms with van der Waals surface area (Å²) in [6, 6.07) is 9.62. The molecule has 0 aromatic heterocycles. The number of hydrogen-bond donors (Lipinski definition) is 1. The Morgan fingerprint density at radius 2 is 1.67 bits per heavy atom. The third kappa shape index (κ3) is 4.00. The van der Waals surface area contributed by atoms with Crippen LogP contribution >= 0.6 is 15.9 Å². The molecule has 0 aliphatic heterocycles. The lowest BCUT2D eigenvalue weighted by Gasteiger charge is -2.14. The first kappa shape index (κ1) is 15.9. The summed E-state index contributed by atoms with van der Waals surface area (Å²) in [5.41, 5.74) is 2.77. The van der Waals surface area contributed by atoms with Gasteiger partial charge in [0.05, 0.1) is 5.56 Å². The lowest BCUT2D eigenvalue weighted by Crippen LogP contribution is -2.07. The van der Waals surface area contributed by atoms with Crippen LogP contribution in [0, 0.1) is 13.8 Å². The van der Waals surface area contributed by atoms with E-state index >= 15 is 0 Å². The Labute approximate surface area is 130 Å². The Hall–Kier alpha value is -1.49. The van der Waals surface area contributed by atoms with E-state index in [0.717, 1.165) is 33.3 Å². The van der Waals surface area contributed by atoms with Gasteiger partial charge in [-0.15, -0.1) is 0 Å². The van der Waals surface area contributed by atoms with Gasteiger partial charge in [0.2, 0.25) is 0 Å². The maximum atomic E-state index is 12.7. The minimum atomic E-state index is -4.32. The van der Waals surface area contributed by atoms with Crippen LogP contribution in [0.3, 0.4) is 0 Å². The third-order valence-electron chi connectivity index (χ3n) is 3.28. The van der Waals surface area contributed by atoms with E-state index in [4.69, 9.17) is 0 Å². The fourth-order valence-corrected chi connectivity index (χ4v) is 2.36. The van der Waals surface area contributed by atoms with Gasteiger partial charge in [0.15, 0.2) is 0 Å². The number of aryl methyl sites for hydroxylation is 2. The Morgan fingerprint density at radius 1 is 1.00 bits per heavy atom. The predicted molar refractivity (Wildman–Crippen MR) is 82.4 cm³/mol. The molecule has 1 nitrogen and oxygen atoms in total. The summed E-state index contributed by atoms with van der Waals surface area (Å²) in [5.74, 6) is 0. The maximum absolute atomic E-state index is 12.7. The highest BCUT2D eigenvalue weighted by Gasteiger charge is 2.30. The second kappa shape index (κ2) is 6.10. The molecule has 0 heterocycles. The van der Waals surface area contributed by atoms with Crippen molar-refractivity contribution in [2.45, 2.75) is 26.6 Å². The zero-order chi connectivity index (χ0) is 15.6. The van der Waals surface area contributed by atoms with Crippen molar-refractivity contribution < 1.29 is 13.2 Å². The molecular formula is C16H15BrF3N. The van der Waals surface area contributed by atoms with Crippen molar-refractivity contribution in [2.75, 3.05) is 5.32 Å². The van der Waals surface area contributed by atoms with Crippen molar-refractivity contribution in [1.82, 2.24) is 0 Å². The van der Waals surface area contributed by atoms with Crippen LogP contribution in [-0.2, 0) is 12.7 Å². The molecular weight excluding hydrogens is 343 g/mol. The van der Waals surface area contributed by atoms with Crippen LogP contribution in [0.15, 0.2) is 40.9 Å². The molecule has 0 unspecified atom stereocenters. The van der Waals surface area contributed by atoms with Crippen molar-refractivity contribution in [3.05, 3.63) is 63.1 Å². The highest BCUT2D eigenvalue weighted by atomic mass is 79.9. The minimum Gasteiger partial charge on any atom is -0.381 e. The van der Waals surface area contributed by atoms with Gasteiger partial charge in [-0.25, -0.2) is 0 Å². The van der Waals surface area contributed by atoms with Gasteiger partial charge < -0.3 is 5.32 Å². The van der Waals surface area contributed by atoms with Gasteiger partial charge in [-0.1, -0.05) is 34.1 Å². The molecule has 0 aliphatic carbocycles. The zero-order valence-corrected chi connectivity index (χ0v) is 13.3. The molecule has 0 radical (unpaired) electrons. The van der Waals surface area contributed by atoms with Gasteiger partial charge in [0.1, 0.15) is 0 Å². The Bertz CT molecular complexity index is 650. The molecule has 0 spiro atoms. The normalized spacial score (nSPS) is 11.5. The average Bonchev–Trinajstić information content (AvgIpc) is 2.40. The van der Waals surface area contributed by atoms with E-state index in [9.17, 15) is 13.2 Å². The van der Waals surface area contributed by atoms with Crippen molar-refractivity contribution in [2.24, 2.45) is 0 Å². The molecule has 2 aromatic rings. The van der Waals surface area contributed by atoms with E-state index in [1.165, 1.54) is 6.07 Å². The lowest BCUT2D eigenvalue weighted by molar-refractivity contribution is -0.137. The smallest absolute Gasteiger partial charge is 0.381 e. The minimum absolute atomic E-state index is 0.473. The van der Waals surface area contributed by atoms with E-state index in [2.05, 4.69) is 21.2 Å². The topological polar surface area (TPSA) is 12.0 Å². The number of halogens is 4. The number of nitrogens with one attached hydrogen (secondary N) is 1. The maximum Gasteiger partial charge on any atom is 0.416 e. The second-order valence-corrected chi connectivity index (χ2v) is 5.82. The fraction of sp³-hybridized carbons (Fsp3) is 0.250. The number of benzene rings is 2. The molecule has 0 aliphatic rings. The molecule has 0 atom stereocenters. The first-order valence-electron chi connectivity index (χ1n) is 6.44. The number of anilines is 1. The standard InChI is InChI=1S/C16H15BrF3N/c1-10-3-5-12(7-14(10)17)9-21-15-8-13(16(18,19)20)6-4-11(15)2/h3-8,21H,9H2,1-2H3. The molecule has 0 fully saturated rings. The van der Waals surface area contributed by atoms with Gasteiger partial charge in [0, 0.05) is 16.7 Å². The summed E-state index contributed by atoms with van der Waals surface area (Å²) >= 11 is 3.45. The third-order valence-corrected chi connectivity index (χ3v) is 4.14. The first-order valence-corrected chi connectivity index (χ1v) is 7.23. The molecule has 2 rings (SSSR count). The van der Waals surface area contributed by atoms with Crippen LogP contribution in [0.4, 0.5) is 18.9 Å². The van der Waals surface area contributed by atoms with E-state index in [1.807, 2.05) is 25.1 Å². The highest BCUT2D eigenvalue weighted by Crippen LogP contribution is 2.32. The largest absolute Gasteiger partial charge is 0.416 e. The van der Waals surface area contributed by atoms with E-state index < -0.39 is 11.7 Å². The monoisotopic (exact) mass is 357 g/mol. The second-order valence-electron chi connectivity index (χ2n) is 4.96. The quantitative estimate of drug-likeness (QED) is 0.743. The van der Waals surface area contributed by atoms with Gasteiger partial charge in [-0.3, -0.25) is 0 Å². The van der Waals surface area contributed by atoms with Crippen LogP contribution in [-0.4, -0.2) is 0 Å². The Balaban J connectivity index is 2.17. The number of alkyl halides is 3. The molecule has 0 saturated heterocycles. The fourth-order valence-electron chi connectivity index (χ4n) is 1.93. The molecule has 5 heteroatoms. The van der Waals surface area contributed by atoms with E-state index in [1.54, 1.807) is 6.92 Å². The summed E-state index contributed by atoms with van der Waals surface area (Å²) in [6.07, 6.45) is -4.32. The number of hydrogen-bond acceptors (Lipinski definition) is 1. The van der Waals surface area contributed by atoms with Crippen LogP contribution in [0.5, 0.6) is 0 Å². The molecule has 112 valence electrons. The Morgan fingerprint density at radius 3 is 2.29 bits per heavy atom. The summed E-state index contributed by atoms with van der Waals surface area (Å²) in [5, 5.41) is 3.07. The van der Waals surface area contributed by atoms with Gasteiger partial charge >= 0.3 is 6.18 Å². The lowest BCUT2D eigenvalue weighted by atomic mass is 10.1. The van der Waals surface area contributed by atoms with Crippen molar-refractivity contribution in [3.8, 4) is 0 Å². The van der Waals surface area contributed by atoms with Crippen LogP contribution < -0.4 is 5.32 Å². The van der Waals surface area contributed by atoms with Gasteiger partial charge in [-0.05, 0) is 48.7 Å². The number of rotatable bonds is 3. The molecule has 21 heavy (non-hydrogen) atoms. The van der Waals surface area contributed by atoms with Crippen molar-refractivity contribution in [1.29, 1.82) is 0 Å². The molecule has 0 saturated carbocycles. The Kier molecular flexibility index (Phi) is 4.61. The van der Waals surface area contributed by atoms with Gasteiger partial charge in [0.25, 0.3) is 0 Å². The molecule has 0 bridgehead atoms. The van der Waals surface area contributed by atoms with E-state index in [-0.39, 0.29) is 0 Å². The van der Waals surface area contributed by atoms with Crippen LogP contribution in [0.1, 0.15) is 22.3 Å². The predicted octanol–water partition coefficient (Wildman–Crippen LogP) is 5.70. The summed E-state index contributed by atoms with van der Waals surface area (Å²) < 4.78 is 39.2. The first-order chi connectivity index (χ1) is 9.77. The van der Waals surface area contributed by atoms with Crippen molar-refractivity contribution >= 4 is 21.6 Å². The average molecular weight is 358 g/mol.